The van der Waals surface area contributed by atoms with Gasteiger partial charge >= 0.3 is 51.4 Å². The predicted octanol–water partition coefficient (Wildman–Crippen LogP) is -7.82. The van der Waals surface area contributed by atoms with Crippen LogP contribution in [-0.2, 0) is 4.79 Å². The average Bonchev–Trinajstić information content (AvgIpc) is 2.12. The predicted molar refractivity (Wildman–Crippen MR) is 36.1 cm³/mol. The Labute approximate surface area is 122 Å². The van der Waals surface area contributed by atoms with E-state index in [-0.39, 0.29) is 51.4 Å². The topological polar surface area (TPSA) is 141 Å². The van der Waals surface area contributed by atoms with E-state index in [0.717, 1.165) is 0 Å². The quantitative estimate of drug-likeness (QED) is 0.297. The van der Waals surface area contributed by atoms with Gasteiger partial charge in [-0.3, -0.25) is 0 Å². The molecule has 0 unspecified atom stereocenters. The second kappa shape index (κ2) is 8.10. The molecule has 0 fully saturated rings. The number of carboxylic acids is 1. The third-order valence-corrected chi connectivity index (χ3v) is 1.50. The van der Waals surface area contributed by atoms with Crippen LogP contribution in [0.15, 0.2) is 0 Å². The number of aliphatic carboxylic acids is 1. The Bertz CT molecular complexity index is 176. The summed E-state index contributed by atoms with van der Waals surface area (Å²) >= 11 is 0. The normalized spacial score (nSPS) is 18.9. The van der Waals surface area contributed by atoms with Crippen molar-refractivity contribution in [3.63, 3.8) is 0 Å². The van der Waals surface area contributed by atoms with Crippen molar-refractivity contribution in [2.24, 2.45) is 0 Å². The van der Waals surface area contributed by atoms with Crippen LogP contribution in [0.2, 0.25) is 0 Å². The fourth-order valence-corrected chi connectivity index (χ4v) is 0.662. The van der Waals surface area contributed by atoms with Gasteiger partial charge in [-0.1, -0.05) is 0 Å². The summed E-state index contributed by atoms with van der Waals surface area (Å²) in [6.45, 7) is -0.863. The third kappa shape index (κ3) is 5.12. The van der Waals surface area contributed by atoms with Crippen LogP contribution in [0, 0.1) is 0 Å². The van der Waals surface area contributed by atoms with Gasteiger partial charge in [0.05, 0.1) is 12.6 Å². The van der Waals surface area contributed by atoms with Crippen LogP contribution in [0.4, 0.5) is 0 Å². The van der Waals surface area contributed by atoms with Crippen molar-refractivity contribution < 1.29 is 86.8 Å². The Balaban J connectivity index is 0. The molecule has 0 aliphatic heterocycles. The molecule has 0 saturated heterocycles. The molecule has 7 nitrogen and oxygen atoms in total. The van der Waals surface area contributed by atoms with Crippen LogP contribution in [0.5, 0.6) is 0 Å². The van der Waals surface area contributed by atoms with E-state index in [1.807, 2.05) is 0 Å². The van der Waals surface area contributed by atoms with Crippen molar-refractivity contribution in [3.05, 3.63) is 0 Å². The van der Waals surface area contributed by atoms with Crippen molar-refractivity contribution in [3.8, 4) is 0 Å². The van der Waals surface area contributed by atoms with E-state index < -0.39 is 37.0 Å². The first-order valence-corrected chi connectivity index (χ1v) is 3.45. The zero-order chi connectivity index (χ0) is 10.6. The summed E-state index contributed by atoms with van der Waals surface area (Å²) in [6, 6.07) is 0. The number of aliphatic hydroxyl groups is 5. The molecule has 0 saturated carbocycles. The molecule has 0 radical (unpaired) electrons. The van der Waals surface area contributed by atoms with Gasteiger partial charge < -0.3 is 35.4 Å². The molecule has 0 aromatic heterocycles. The number of rotatable bonds is 5. The number of carbonyl (C=O) groups excluding carboxylic acids is 1. The van der Waals surface area contributed by atoms with Gasteiger partial charge in [-0.25, -0.2) is 0 Å². The van der Waals surface area contributed by atoms with Crippen LogP contribution in [0.3, 0.4) is 0 Å². The van der Waals surface area contributed by atoms with Crippen LogP contribution in [0.1, 0.15) is 0 Å². The summed E-state index contributed by atoms with van der Waals surface area (Å²) in [4.78, 5) is 9.98. The van der Waals surface area contributed by atoms with Gasteiger partial charge in [0.1, 0.15) is 24.4 Å². The van der Waals surface area contributed by atoms with Gasteiger partial charge in [-0.05, 0) is 0 Å². The van der Waals surface area contributed by atoms with E-state index in [1.54, 1.807) is 0 Å². The van der Waals surface area contributed by atoms with Crippen LogP contribution < -0.4 is 56.5 Å². The molecular weight excluding hydrogens is 223 g/mol. The molecule has 0 aromatic rings. The molecule has 0 aliphatic rings. The second-order valence-electron chi connectivity index (χ2n) is 2.49. The molecule has 0 heterocycles. The molecular formula is C6H11KO7. The number of hydrogen-bond donors (Lipinski definition) is 5. The fraction of sp³-hybridized carbons (Fsp3) is 0.833. The zero-order valence-corrected chi connectivity index (χ0v) is 10.7. The molecule has 8 heteroatoms. The number of carbonyl (C=O) groups is 1. The molecule has 0 amide bonds. The minimum absolute atomic E-state index is 0. The molecule has 0 rings (SSSR count). The maximum Gasteiger partial charge on any atom is 1.00 e. The van der Waals surface area contributed by atoms with E-state index in [0.29, 0.717) is 0 Å². The second-order valence-corrected chi connectivity index (χ2v) is 2.49. The monoisotopic (exact) mass is 234 g/mol. The van der Waals surface area contributed by atoms with Gasteiger partial charge in [-0.15, -0.1) is 0 Å². The summed E-state index contributed by atoms with van der Waals surface area (Å²) in [5.41, 5.74) is 0. The molecule has 0 aliphatic carbocycles. The standard InChI is InChI=1S/C6H12O7.K/c7-1-2(8)3(9)4(10)5(11)6(12)13;/h2-5,7-11H,1H2,(H,12,13);/q;+1/p-1/t2-,3-,4+,5+;/m1./s1. The van der Waals surface area contributed by atoms with E-state index in [4.69, 9.17) is 25.5 Å². The van der Waals surface area contributed by atoms with Crippen molar-refractivity contribution >= 4 is 5.97 Å². The molecule has 78 valence electrons. The van der Waals surface area contributed by atoms with Gasteiger partial charge in [0.25, 0.3) is 0 Å². The molecule has 4 atom stereocenters. The molecule has 0 aromatic carbocycles. The van der Waals surface area contributed by atoms with Crippen LogP contribution >= 0.6 is 0 Å². The van der Waals surface area contributed by atoms with E-state index in [9.17, 15) is 9.90 Å². The minimum Gasteiger partial charge on any atom is -0.547 e. The van der Waals surface area contributed by atoms with E-state index in [2.05, 4.69) is 0 Å². The summed E-state index contributed by atoms with van der Waals surface area (Å²) in [5, 5.41) is 53.4. The maximum absolute atomic E-state index is 9.98. The van der Waals surface area contributed by atoms with Gasteiger partial charge in [0, 0.05) is 0 Å². The van der Waals surface area contributed by atoms with Crippen molar-refractivity contribution in [2.75, 3.05) is 6.61 Å². The number of hydrogen-bond acceptors (Lipinski definition) is 7. The Hall–Kier alpha value is 0.906. The van der Waals surface area contributed by atoms with Crippen LogP contribution in [0.25, 0.3) is 0 Å². The Morgan fingerprint density at radius 1 is 1.14 bits per heavy atom. The Morgan fingerprint density at radius 2 is 1.57 bits per heavy atom. The van der Waals surface area contributed by atoms with Gasteiger partial charge in [0.2, 0.25) is 0 Å². The summed E-state index contributed by atoms with van der Waals surface area (Å²) in [5.74, 6) is -1.98. The molecule has 5 N–H and O–H groups in total. The number of carboxylic acid groups (broad SMARTS) is 1. The first-order valence-electron chi connectivity index (χ1n) is 3.45. The smallest absolute Gasteiger partial charge is 0.547 e. The molecule has 0 spiro atoms. The Kier molecular flexibility index (Phi) is 10.0. The third-order valence-electron chi connectivity index (χ3n) is 1.50. The van der Waals surface area contributed by atoms with Gasteiger partial charge in [0.15, 0.2) is 0 Å². The fourth-order valence-electron chi connectivity index (χ4n) is 0.662. The molecule has 14 heavy (non-hydrogen) atoms. The van der Waals surface area contributed by atoms with Gasteiger partial charge in [-0.2, -0.15) is 0 Å². The van der Waals surface area contributed by atoms with E-state index in [1.165, 1.54) is 0 Å². The maximum atomic E-state index is 9.98. The summed E-state index contributed by atoms with van der Waals surface area (Å²) in [7, 11) is 0. The zero-order valence-electron chi connectivity index (χ0n) is 7.57. The first kappa shape index (κ1) is 17.3. The largest absolute Gasteiger partial charge is 1.00 e. The van der Waals surface area contributed by atoms with Crippen molar-refractivity contribution in [1.29, 1.82) is 0 Å². The number of aliphatic hydroxyl groups excluding tert-OH is 5. The summed E-state index contributed by atoms with van der Waals surface area (Å²) < 4.78 is 0. The van der Waals surface area contributed by atoms with Crippen LogP contribution in [-0.4, -0.2) is 62.5 Å². The van der Waals surface area contributed by atoms with Crippen molar-refractivity contribution in [2.45, 2.75) is 24.4 Å². The van der Waals surface area contributed by atoms with Crippen molar-refractivity contribution in [1.82, 2.24) is 0 Å². The SMILES string of the molecule is O=C([O-])[C@@H](O)[C@@H](O)[C@H](O)[C@H](O)CO.[K+]. The first-order chi connectivity index (χ1) is 5.91. The minimum atomic E-state index is -2.31. The molecule has 0 bridgehead atoms. The Morgan fingerprint density at radius 3 is 1.86 bits per heavy atom. The van der Waals surface area contributed by atoms with E-state index >= 15 is 0 Å². The summed E-state index contributed by atoms with van der Waals surface area (Å²) in [6.07, 6.45) is -8.08. The average molecular weight is 234 g/mol.